The number of aliphatic hydroxyl groups excluding tert-OH is 1. The van der Waals surface area contributed by atoms with E-state index in [1.165, 1.54) is 6.08 Å². The number of halogens is 3. The number of alkyl halides is 3. The lowest BCUT2D eigenvalue weighted by atomic mass is 9.87. The Morgan fingerprint density at radius 1 is 1.42 bits per heavy atom. The van der Waals surface area contributed by atoms with Crippen molar-refractivity contribution in [1.82, 2.24) is 5.32 Å². The summed E-state index contributed by atoms with van der Waals surface area (Å²) in [5.74, 6) is -2.70. The summed E-state index contributed by atoms with van der Waals surface area (Å²) in [4.78, 5) is 27.7. The standard InChI is InChI=1S/C16H21F3N2O5/c1-9-2-5-13(21-26-14(23)7-16(17,18)19)20-15(24)12(9)6-10-3-4-11(8-22)25-10/h2,5,9-12,22H,3-4,6-8H2,1H3,(H,20,21,24)/t9?,10-,11+,12?/m1/s1. The molecule has 10 heteroatoms. The number of rotatable bonds is 5. The maximum absolute atomic E-state index is 12.4. The molecule has 2 heterocycles. The van der Waals surface area contributed by atoms with Crippen molar-refractivity contribution in [2.75, 3.05) is 6.61 Å². The Balaban J connectivity index is 1.94. The Hall–Kier alpha value is -1.94. The number of carbonyl (C=O) groups excluding carboxylic acids is 2. The quantitative estimate of drug-likeness (QED) is 0.560. The van der Waals surface area contributed by atoms with Gasteiger partial charge >= 0.3 is 12.1 Å². The molecule has 0 aromatic rings. The van der Waals surface area contributed by atoms with E-state index in [4.69, 9.17) is 9.84 Å². The maximum atomic E-state index is 12.4. The van der Waals surface area contributed by atoms with Gasteiger partial charge in [-0.2, -0.15) is 13.2 Å². The summed E-state index contributed by atoms with van der Waals surface area (Å²) >= 11 is 0. The van der Waals surface area contributed by atoms with Gasteiger partial charge in [-0.3, -0.25) is 4.79 Å². The molecule has 1 amide bonds. The van der Waals surface area contributed by atoms with Crippen LogP contribution in [0.3, 0.4) is 0 Å². The molecule has 146 valence electrons. The van der Waals surface area contributed by atoms with Crippen LogP contribution >= 0.6 is 0 Å². The van der Waals surface area contributed by atoms with Crippen LogP contribution < -0.4 is 5.32 Å². The number of amides is 1. The largest absolute Gasteiger partial charge is 0.399 e. The molecular formula is C16H21F3N2O5. The van der Waals surface area contributed by atoms with Gasteiger partial charge in [0.1, 0.15) is 6.42 Å². The minimum absolute atomic E-state index is 0.0665. The molecule has 0 saturated carbocycles. The molecule has 0 bridgehead atoms. The van der Waals surface area contributed by atoms with E-state index in [2.05, 4.69) is 15.3 Å². The van der Waals surface area contributed by atoms with E-state index in [9.17, 15) is 22.8 Å². The van der Waals surface area contributed by atoms with Crippen molar-refractivity contribution in [2.45, 2.75) is 51.0 Å². The first kappa shape index (κ1) is 20.4. The maximum Gasteiger partial charge on any atom is 0.399 e. The first-order valence-electron chi connectivity index (χ1n) is 8.28. The molecule has 4 atom stereocenters. The lowest BCUT2D eigenvalue weighted by Crippen LogP contribution is -2.37. The Labute approximate surface area is 148 Å². The third-order valence-corrected chi connectivity index (χ3v) is 4.29. The first-order valence-corrected chi connectivity index (χ1v) is 8.28. The molecule has 2 aliphatic rings. The number of hydrogen-bond acceptors (Lipinski definition) is 6. The zero-order valence-electron chi connectivity index (χ0n) is 14.2. The summed E-state index contributed by atoms with van der Waals surface area (Å²) in [6.45, 7) is 1.75. The van der Waals surface area contributed by atoms with Crippen LogP contribution in [0.25, 0.3) is 0 Å². The molecule has 2 unspecified atom stereocenters. The topological polar surface area (TPSA) is 97.2 Å². The third kappa shape index (κ3) is 6.10. The smallest absolute Gasteiger partial charge is 0.394 e. The summed E-state index contributed by atoms with van der Waals surface area (Å²) in [7, 11) is 0. The Morgan fingerprint density at radius 3 is 2.73 bits per heavy atom. The zero-order valence-corrected chi connectivity index (χ0v) is 14.2. The summed E-state index contributed by atoms with van der Waals surface area (Å²) in [5.41, 5.74) is 0. The number of oxime groups is 1. The number of carbonyl (C=O) groups is 2. The third-order valence-electron chi connectivity index (χ3n) is 4.29. The van der Waals surface area contributed by atoms with Crippen LogP contribution in [0, 0.1) is 11.8 Å². The summed E-state index contributed by atoms with van der Waals surface area (Å²) in [5, 5.41) is 14.8. The van der Waals surface area contributed by atoms with Crippen molar-refractivity contribution in [3.63, 3.8) is 0 Å². The molecule has 0 aromatic carbocycles. The van der Waals surface area contributed by atoms with Crippen LogP contribution in [0.2, 0.25) is 0 Å². The fourth-order valence-electron chi connectivity index (χ4n) is 2.92. The lowest BCUT2D eigenvalue weighted by molar-refractivity contribution is -0.171. The van der Waals surface area contributed by atoms with Gasteiger partial charge in [0.2, 0.25) is 5.91 Å². The van der Waals surface area contributed by atoms with E-state index >= 15 is 0 Å². The normalized spacial score (nSPS) is 31.0. The lowest BCUT2D eigenvalue weighted by Gasteiger charge is -2.22. The molecule has 0 aromatic heterocycles. The SMILES string of the molecule is CC1C=CC(=NOC(=O)CC(F)(F)F)NC(=O)C1C[C@H]1CC[C@@H](CO)O1. The molecule has 0 radical (unpaired) electrons. The van der Waals surface area contributed by atoms with E-state index in [0.29, 0.717) is 6.42 Å². The van der Waals surface area contributed by atoms with Crippen molar-refractivity contribution in [3.05, 3.63) is 12.2 Å². The van der Waals surface area contributed by atoms with Crippen molar-refractivity contribution in [3.8, 4) is 0 Å². The van der Waals surface area contributed by atoms with Crippen LogP contribution in [-0.2, 0) is 19.2 Å². The predicted octanol–water partition coefficient (Wildman–Crippen LogP) is 1.66. The second-order valence-corrected chi connectivity index (χ2v) is 6.42. The van der Waals surface area contributed by atoms with E-state index in [0.717, 1.165) is 12.8 Å². The van der Waals surface area contributed by atoms with Crippen molar-refractivity contribution in [2.24, 2.45) is 17.0 Å². The van der Waals surface area contributed by atoms with Crippen LogP contribution in [0.1, 0.15) is 32.6 Å². The highest BCUT2D eigenvalue weighted by atomic mass is 19.4. The average Bonchev–Trinajstić information content (AvgIpc) is 2.95. The van der Waals surface area contributed by atoms with E-state index in [1.807, 2.05) is 6.92 Å². The highest BCUT2D eigenvalue weighted by molar-refractivity contribution is 6.05. The molecule has 7 nitrogen and oxygen atoms in total. The second kappa shape index (κ2) is 8.63. The number of ether oxygens (including phenoxy) is 1. The molecule has 26 heavy (non-hydrogen) atoms. The van der Waals surface area contributed by atoms with Crippen molar-refractivity contribution in [1.29, 1.82) is 0 Å². The molecular weight excluding hydrogens is 357 g/mol. The molecule has 1 fully saturated rings. The van der Waals surface area contributed by atoms with Gasteiger partial charge in [-0.1, -0.05) is 18.2 Å². The Kier molecular flexibility index (Phi) is 6.76. The van der Waals surface area contributed by atoms with Crippen molar-refractivity contribution < 1.29 is 37.4 Å². The second-order valence-electron chi connectivity index (χ2n) is 6.42. The predicted molar refractivity (Wildman–Crippen MR) is 83.7 cm³/mol. The highest BCUT2D eigenvalue weighted by Gasteiger charge is 2.34. The number of aliphatic hydroxyl groups is 1. The van der Waals surface area contributed by atoms with Crippen LogP contribution in [0.4, 0.5) is 13.2 Å². The van der Waals surface area contributed by atoms with Gasteiger partial charge in [-0.25, -0.2) is 4.79 Å². The van der Waals surface area contributed by atoms with Crippen LogP contribution in [0.5, 0.6) is 0 Å². The zero-order chi connectivity index (χ0) is 19.3. The minimum Gasteiger partial charge on any atom is -0.394 e. The van der Waals surface area contributed by atoms with Crippen molar-refractivity contribution >= 4 is 17.7 Å². The van der Waals surface area contributed by atoms with E-state index in [1.54, 1.807) is 6.08 Å². The van der Waals surface area contributed by atoms with Crippen LogP contribution in [-0.4, -0.2) is 47.8 Å². The van der Waals surface area contributed by atoms with Gasteiger partial charge < -0.3 is 20.0 Å². The van der Waals surface area contributed by atoms with Gasteiger partial charge in [0.05, 0.1) is 18.8 Å². The summed E-state index contributed by atoms with van der Waals surface area (Å²) in [6.07, 6.45) is -1.87. The minimum atomic E-state index is -4.69. The van der Waals surface area contributed by atoms with Gasteiger partial charge in [-0.05, 0) is 31.3 Å². The Morgan fingerprint density at radius 2 is 2.12 bits per heavy atom. The van der Waals surface area contributed by atoms with Crippen LogP contribution in [0.15, 0.2) is 17.3 Å². The fraction of sp³-hybridized carbons (Fsp3) is 0.688. The highest BCUT2D eigenvalue weighted by Crippen LogP contribution is 2.29. The summed E-state index contributed by atoms with van der Waals surface area (Å²) in [6, 6.07) is 0. The Bertz CT molecular complexity index is 591. The molecule has 0 spiro atoms. The molecule has 2 aliphatic heterocycles. The van der Waals surface area contributed by atoms with Gasteiger partial charge in [0.15, 0.2) is 5.84 Å². The molecule has 0 aliphatic carbocycles. The van der Waals surface area contributed by atoms with Gasteiger partial charge in [-0.15, -0.1) is 0 Å². The van der Waals surface area contributed by atoms with Gasteiger partial charge in [0, 0.05) is 5.92 Å². The number of nitrogens with zero attached hydrogens (tertiary/aromatic N) is 1. The monoisotopic (exact) mass is 378 g/mol. The first-order chi connectivity index (χ1) is 12.2. The fourth-order valence-corrected chi connectivity index (χ4v) is 2.92. The molecule has 2 rings (SSSR count). The average molecular weight is 378 g/mol. The van der Waals surface area contributed by atoms with E-state index in [-0.39, 0.29) is 36.5 Å². The summed E-state index contributed by atoms with van der Waals surface area (Å²) < 4.78 is 41.9. The molecule has 1 saturated heterocycles. The van der Waals surface area contributed by atoms with E-state index < -0.39 is 24.5 Å². The number of amidine groups is 1. The number of hydrogen-bond donors (Lipinski definition) is 2. The van der Waals surface area contributed by atoms with Gasteiger partial charge in [0.25, 0.3) is 0 Å². The molecule has 2 N–H and O–H groups in total. The number of allylic oxidation sites excluding steroid dienone is 1. The number of nitrogens with one attached hydrogen (secondary N) is 1.